The molecule has 0 aliphatic rings. The first-order valence-electron chi connectivity index (χ1n) is 5.20. The topological polar surface area (TPSA) is 80.0 Å². The maximum Gasteiger partial charge on any atom is 0.274 e. The van der Waals surface area contributed by atoms with Crippen molar-refractivity contribution in [2.24, 2.45) is 5.84 Å². The van der Waals surface area contributed by atoms with Gasteiger partial charge in [0.05, 0.1) is 5.69 Å². The number of hydrogen-bond donors (Lipinski definition) is 3. The number of hydrogen-bond acceptors (Lipinski definition) is 4. The Kier molecular flexibility index (Phi) is 3.49. The Morgan fingerprint density at radius 3 is 2.67 bits per heavy atom. The molecule has 4 N–H and O–H groups in total. The van der Waals surface area contributed by atoms with Crippen LogP contribution in [0.4, 0.5) is 15.9 Å². The molecule has 1 amide bonds. The molecule has 1 aromatic heterocycles. The molecule has 6 heteroatoms. The molecule has 0 aliphatic carbocycles. The Morgan fingerprint density at radius 2 is 1.94 bits per heavy atom. The van der Waals surface area contributed by atoms with Crippen LogP contribution in [0, 0.1) is 5.82 Å². The van der Waals surface area contributed by atoms with Crippen LogP contribution in [0.5, 0.6) is 0 Å². The van der Waals surface area contributed by atoms with Gasteiger partial charge in [-0.05, 0) is 24.3 Å². The summed E-state index contributed by atoms with van der Waals surface area (Å²) in [4.78, 5) is 15.8. The normalized spacial score (nSPS) is 9.89. The van der Waals surface area contributed by atoms with Gasteiger partial charge in [0, 0.05) is 0 Å². The lowest BCUT2D eigenvalue weighted by molar-refractivity contribution is 0.102. The monoisotopic (exact) mass is 246 g/mol. The third-order valence-corrected chi connectivity index (χ3v) is 2.25. The van der Waals surface area contributed by atoms with E-state index in [0.717, 1.165) is 0 Å². The van der Waals surface area contributed by atoms with Crippen LogP contribution in [0.2, 0.25) is 0 Å². The standard InChI is InChI=1S/C12H11FN4O/c13-8-4-1-2-5-9(8)16-12(18)10-6-3-7-11(15-10)17-14/h1-7H,14H2,(H,15,17)(H,16,18). The van der Waals surface area contributed by atoms with E-state index in [2.05, 4.69) is 15.7 Å². The van der Waals surface area contributed by atoms with E-state index in [1.54, 1.807) is 24.3 Å². The average Bonchev–Trinajstić information content (AvgIpc) is 2.41. The smallest absolute Gasteiger partial charge is 0.274 e. The second-order valence-electron chi connectivity index (χ2n) is 3.49. The zero-order valence-corrected chi connectivity index (χ0v) is 9.35. The SMILES string of the molecule is NNc1cccc(C(=O)Nc2ccccc2F)n1. The van der Waals surface area contributed by atoms with Crippen LogP contribution in [0.1, 0.15) is 10.5 Å². The first-order chi connectivity index (χ1) is 8.70. The summed E-state index contributed by atoms with van der Waals surface area (Å²) in [7, 11) is 0. The van der Waals surface area contributed by atoms with Crippen LogP contribution in [0.25, 0.3) is 0 Å². The number of nitrogens with zero attached hydrogens (tertiary/aromatic N) is 1. The van der Waals surface area contributed by atoms with Crippen LogP contribution in [-0.4, -0.2) is 10.9 Å². The van der Waals surface area contributed by atoms with Gasteiger partial charge in [-0.1, -0.05) is 18.2 Å². The fraction of sp³-hybridized carbons (Fsp3) is 0. The number of para-hydroxylation sites is 1. The highest BCUT2D eigenvalue weighted by Gasteiger charge is 2.10. The summed E-state index contributed by atoms with van der Waals surface area (Å²) in [6, 6.07) is 10.7. The molecule has 0 unspecified atom stereocenters. The molecule has 0 saturated heterocycles. The molecular weight excluding hydrogens is 235 g/mol. The number of pyridine rings is 1. The van der Waals surface area contributed by atoms with E-state index in [4.69, 9.17) is 5.84 Å². The summed E-state index contributed by atoms with van der Waals surface area (Å²) < 4.78 is 13.3. The number of carbonyl (C=O) groups is 1. The fourth-order valence-electron chi connectivity index (χ4n) is 1.39. The number of rotatable bonds is 3. The highest BCUT2D eigenvalue weighted by molar-refractivity contribution is 6.03. The molecule has 0 radical (unpaired) electrons. The van der Waals surface area contributed by atoms with Crippen molar-refractivity contribution in [3.05, 3.63) is 54.0 Å². The number of nitrogen functional groups attached to an aromatic ring is 1. The van der Waals surface area contributed by atoms with Crippen LogP contribution in [0.3, 0.4) is 0 Å². The molecule has 0 atom stereocenters. The zero-order valence-electron chi connectivity index (χ0n) is 9.35. The van der Waals surface area contributed by atoms with E-state index < -0.39 is 11.7 Å². The van der Waals surface area contributed by atoms with Gasteiger partial charge >= 0.3 is 0 Å². The third kappa shape index (κ3) is 2.61. The number of benzene rings is 1. The van der Waals surface area contributed by atoms with Crippen molar-refractivity contribution in [3.63, 3.8) is 0 Å². The van der Waals surface area contributed by atoms with E-state index in [1.165, 1.54) is 18.2 Å². The number of halogens is 1. The van der Waals surface area contributed by atoms with Gasteiger partial charge in [0.2, 0.25) is 0 Å². The van der Waals surface area contributed by atoms with Gasteiger partial charge in [-0.25, -0.2) is 15.2 Å². The Labute approximate surface area is 103 Å². The maximum atomic E-state index is 13.3. The van der Waals surface area contributed by atoms with Crippen LogP contribution in [-0.2, 0) is 0 Å². The Hall–Kier alpha value is -2.47. The first-order valence-corrected chi connectivity index (χ1v) is 5.20. The lowest BCUT2D eigenvalue weighted by atomic mass is 10.3. The quantitative estimate of drug-likeness (QED) is 0.569. The minimum atomic E-state index is -0.503. The second-order valence-corrected chi connectivity index (χ2v) is 3.49. The molecule has 92 valence electrons. The number of hydrazine groups is 1. The van der Waals surface area contributed by atoms with Crippen molar-refractivity contribution in [2.45, 2.75) is 0 Å². The molecule has 18 heavy (non-hydrogen) atoms. The second kappa shape index (κ2) is 5.24. The van der Waals surface area contributed by atoms with Crippen LogP contribution >= 0.6 is 0 Å². The van der Waals surface area contributed by atoms with E-state index in [1.807, 2.05) is 0 Å². The molecule has 0 bridgehead atoms. The van der Waals surface area contributed by atoms with E-state index in [9.17, 15) is 9.18 Å². The molecule has 2 rings (SSSR count). The highest BCUT2D eigenvalue weighted by Crippen LogP contribution is 2.13. The molecular formula is C12H11FN4O. The summed E-state index contributed by atoms with van der Waals surface area (Å²) in [6.07, 6.45) is 0. The summed E-state index contributed by atoms with van der Waals surface area (Å²) >= 11 is 0. The Morgan fingerprint density at radius 1 is 1.17 bits per heavy atom. The number of nitrogens with one attached hydrogen (secondary N) is 2. The summed E-state index contributed by atoms with van der Waals surface area (Å²) in [6.45, 7) is 0. The predicted octanol–water partition coefficient (Wildman–Crippen LogP) is 1.76. The first kappa shape index (κ1) is 12.0. The summed E-state index contributed by atoms with van der Waals surface area (Å²) in [5.74, 6) is 4.55. The van der Waals surface area contributed by atoms with Gasteiger partial charge in [0.15, 0.2) is 0 Å². The number of nitrogens with two attached hydrogens (primary N) is 1. The Balaban J connectivity index is 2.19. The van der Waals surface area contributed by atoms with E-state index in [0.29, 0.717) is 5.82 Å². The number of anilines is 2. The molecule has 2 aromatic rings. The van der Waals surface area contributed by atoms with Crippen molar-refractivity contribution in [1.82, 2.24) is 4.98 Å². The number of amides is 1. The zero-order chi connectivity index (χ0) is 13.0. The predicted molar refractivity (Wildman–Crippen MR) is 66.4 cm³/mol. The summed E-state index contributed by atoms with van der Waals surface area (Å²) in [5, 5.41) is 2.43. The van der Waals surface area contributed by atoms with E-state index >= 15 is 0 Å². The van der Waals surface area contributed by atoms with Crippen LogP contribution < -0.4 is 16.6 Å². The Bertz CT molecular complexity index is 574. The fourth-order valence-corrected chi connectivity index (χ4v) is 1.39. The number of carbonyl (C=O) groups excluding carboxylic acids is 1. The van der Waals surface area contributed by atoms with Crippen molar-refractivity contribution in [3.8, 4) is 0 Å². The highest BCUT2D eigenvalue weighted by atomic mass is 19.1. The summed E-state index contributed by atoms with van der Waals surface area (Å²) in [5.41, 5.74) is 2.59. The lowest BCUT2D eigenvalue weighted by Crippen LogP contribution is -2.16. The molecule has 0 aliphatic heterocycles. The molecule has 0 fully saturated rings. The van der Waals surface area contributed by atoms with Gasteiger partial charge in [-0.15, -0.1) is 0 Å². The number of aromatic nitrogens is 1. The molecule has 1 heterocycles. The molecule has 0 saturated carbocycles. The molecule has 0 spiro atoms. The van der Waals surface area contributed by atoms with Gasteiger partial charge in [-0.2, -0.15) is 0 Å². The minimum Gasteiger partial charge on any atom is -0.318 e. The van der Waals surface area contributed by atoms with Gasteiger partial charge < -0.3 is 10.7 Å². The average molecular weight is 246 g/mol. The van der Waals surface area contributed by atoms with Crippen molar-refractivity contribution in [2.75, 3.05) is 10.7 Å². The van der Waals surface area contributed by atoms with Crippen molar-refractivity contribution < 1.29 is 9.18 Å². The lowest BCUT2D eigenvalue weighted by Gasteiger charge is -2.06. The van der Waals surface area contributed by atoms with Gasteiger partial charge in [-0.3, -0.25) is 4.79 Å². The van der Waals surface area contributed by atoms with Crippen molar-refractivity contribution in [1.29, 1.82) is 0 Å². The largest absolute Gasteiger partial charge is 0.318 e. The van der Waals surface area contributed by atoms with Gasteiger partial charge in [0.25, 0.3) is 5.91 Å². The minimum absolute atomic E-state index is 0.107. The molecule has 1 aromatic carbocycles. The van der Waals surface area contributed by atoms with Crippen LogP contribution in [0.15, 0.2) is 42.5 Å². The maximum absolute atomic E-state index is 13.3. The van der Waals surface area contributed by atoms with Crippen molar-refractivity contribution >= 4 is 17.4 Å². The van der Waals surface area contributed by atoms with Gasteiger partial charge in [0.1, 0.15) is 17.3 Å². The van der Waals surface area contributed by atoms with E-state index in [-0.39, 0.29) is 11.4 Å². The molecule has 5 nitrogen and oxygen atoms in total. The third-order valence-electron chi connectivity index (χ3n) is 2.25.